The summed E-state index contributed by atoms with van der Waals surface area (Å²) < 4.78 is 13.7. The summed E-state index contributed by atoms with van der Waals surface area (Å²) in [5, 5.41) is 3.07. The summed E-state index contributed by atoms with van der Waals surface area (Å²) >= 11 is 0. The zero-order chi connectivity index (χ0) is 11.5. The topological polar surface area (TPSA) is 15.3 Å². The van der Waals surface area contributed by atoms with E-state index >= 15 is 0 Å². The summed E-state index contributed by atoms with van der Waals surface area (Å²) in [5.41, 5.74) is 1.87. The van der Waals surface area contributed by atoms with E-state index in [1.807, 2.05) is 13.1 Å². The van der Waals surface area contributed by atoms with E-state index in [1.54, 1.807) is 12.1 Å². The molecule has 0 atom stereocenters. The van der Waals surface area contributed by atoms with Gasteiger partial charge in [0.05, 0.1) is 0 Å². The van der Waals surface area contributed by atoms with Gasteiger partial charge in [-0.05, 0) is 62.7 Å². The maximum atomic E-state index is 13.7. The molecule has 1 N–H and O–H groups in total. The average molecular weight is 222 g/mol. The van der Waals surface area contributed by atoms with Crippen molar-refractivity contribution in [2.45, 2.75) is 18.8 Å². The Labute approximate surface area is 96.5 Å². The van der Waals surface area contributed by atoms with E-state index in [4.69, 9.17) is 0 Å². The molecule has 3 heteroatoms. The third kappa shape index (κ3) is 2.35. The number of benzene rings is 1. The molecule has 0 unspecified atom stereocenters. The fourth-order valence-electron chi connectivity index (χ4n) is 2.33. The molecule has 0 aliphatic carbocycles. The molecular weight excluding hydrogens is 203 g/mol. The van der Waals surface area contributed by atoms with Gasteiger partial charge in [0.15, 0.2) is 0 Å². The van der Waals surface area contributed by atoms with Crippen molar-refractivity contribution in [3.05, 3.63) is 29.6 Å². The Hall–Kier alpha value is -1.09. The van der Waals surface area contributed by atoms with Crippen LogP contribution in [0.2, 0.25) is 0 Å². The summed E-state index contributed by atoms with van der Waals surface area (Å²) in [5.74, 6) is 0.318. The van der Waals surface area contributed by atoms with Gasteiger partial charge in [-0.2, -0.15) is 0 Å². The lowest BCUT2D eigenvalue weighted by molar-refractivity contribution is 0.253. The van der Waals surface area contributed by atoms with Gasteiger partial charge >= 0.3 is 0 Å². The van der Waals surface area contributed by atoms with Gasteiger partial charge < -0.3 is 10.2 Å². The number of rotatable bonds is 2. The van der Waals surface area contributed by atoms with Crippen LogP contribution in [0.25, 0.3) is 0 Å². The average Bonchev–Trinajstić information content (AvgIpc) is 2.31. The first-order chi connectivity index (χ1) is 7.70. The van der Waals surface area contributed by atoms with Crippen LogP contribution in [0.5, 0.6) is 0 Å². The van der Waals surface area contributed by atoms with Gasteiger partial charge in [0.1, 0.15) is 5.82 Å². The van der Waals surface area contributed by atoms with Crippen LogP contribution in [0, 0.1) is 5.82 Å². The van der Waals surface area contributed by atoms with Crippen LogP contribution in [0.3, 0.4) is 0 Å². The Morgan fingerprint density at radius 3 is 2.62 bits per heavy atom. The maximum Gasteiger partial charge on any atom is 0.126 e. The van der Waals surface area contributed by atoms with Crippen molar-refractivity contribution >= 4 is 5.69 Å². The summed E-state index contributed by atoms with van der Waals surface area (Å²) in [6, 6.07) is 5.30. The number of hydrogen-bond acceptors (Lipinski definition) is 2. The second-order valence-corrected chi connectivity index (χ2v) is 4.56. The summed E-state index contributed by atoms with van der Waals surface area (Å²) in [4.78, 5) is 2.30. The van der Waals surface area contributed by atoms with Crippen LogP contribution >= 0.6 is 0 Å². The molecule has 1 aliphatic rings. The summed E-state index contributed by atoms with van der Waals surface area (Å²) in [7, 11) is 3.99. The Bertz CT molecular complexity index is 357. The Morgan fingerprint density at radius 1 is 1.31 bits per heavy atom. The Balaban J connectivity index is 2.19. The second kappa shape index (κ2) is 4.83. The molecule has 0 saturated carbocycles. The highest BCUT2D eigenvalue weighted by molar-refractivity contribution is 5.46. The zero-order valence-corrected chi connectivity index (χ0v) is 9.96. The maximum absolute atomic E-state index is 13.7. The van der Waals surface area contributed by atoms with Crippen molar-refractivity contribution in [3.63, 3.8) is 0 Å². The standard InChI is InChI=1S/C13H19FN2/c1-15-11-3-4-13(14)12(9-11)10-5-7-16(2)8-6-10/h3-4,9-10,15H,5-8H2,1-2H3. The minimum Gasteiger partial charge on any atom is -0.388 e. The Morgan fingerprint density at radius 2 is 2.00 bits per heavy atom. The molecule has 1 aliphatic heterocycles. The van der Waals surface area contributed by atoms with Crippen LogP contribution in [-0.4, -0.2) is 32.1 Å². The molecule has 0 radical (unpaired) electrons. The molecule has 88 valence electrons. The first-order valence-corrected chi connectivity index (χ1v) is 5.86. The lowest BCUT2D eigenvalue weighted by Gasteiger charge is -2.29. The number of likely N-dealkylation sites (tertiary alicyclic amines) is 1. The quantitative estimate of drug-likeness (QED) is 0.827. The first-order valence-electron chi connectivity index (χ1n) is 5.86. The van der Waals surface area contributed by atoms with E-state index in [0.29, 0.717) is 5.92 Å². The number of halogens is 1. The van der Waals surface area contributed by atoms with Crippen molar-refractivity contribution in [3.8, 4) is 0 Å². The molecule has 2 nitrogen and oxygen atoms in total. The van der Waals surface area contributed by atoms with E-state index in [0.717, 1.165) is 37.2 Å². The van der Waals surface area contributed by atoms with Crippen molar-refractivity contribution in [2.75, 3.05) is 32.5 Å². The Kier molecular flexibility index (Phi) is 3.44. The normalized spacial score (nSPS) is 18.7. The monoisotopic (exact) mass is 222 g/mol. The van der Waals surface area contributed by atoms with Gasteiger partial charge in [-0.1, -0.05) is 0 Å². The number of nitrogens with zero attached hydrogens (tertiary/aromatic N) is 1. The van der Waals surface area contributed by atoms with Gasteiger partial charge in [0.25, 0.3) is 0 Å². The van der Waals surface area contributed by atoms with Gasteiger partial charge in [-0.15, -0.1) is 0 Å². The predicted octanol–water partition coefficient (Wildman–Crippen LogP) is 2.68. The van der Waals surface area contributed by atoms with E-state index in [1.165, 1.54) is 0 Å². The lowest BCUT2D eigenvalue weighted by atomic mass is 9.89. The molecule has 1 fully saturated rings. The molecule has 0 bridgehead atoms. The molecule has 2 rings (SSSR count). The van der Waals surface area contributed by atoms with Crippen LogP contribution < -0.4 is 5.32 Å². The van der Waals surface area contributed by atoms with Crippen molar-refractivity contribution in [1.29, 1.82) is 0 Å². The highest BCUT2D eigenvalue weighted by Gasteiger charge is 2.21. The number of anilines is 1. The molecule has 1 heterocycles. The van der Waals surface area contributed by atoms with E-state index in [9.17, 15) is 4.39 Å². The molecule has 0 amide bonds. The largest absolute Gasteiger partial charge is 0.388 e. The van der Waals surface area contributed by atoms with Crippen molar-refractivity contribution in [2.24, 2.45) is 0 Å². The van der Waals surface area contributed by atoms with Crippen LogP contribution in [0.1, 0.15) is 24.3 Å². The zero-order valence-electron chi connectivity index (χ0n) is 9.96. The third-order valence-corrected chi connectivity index (χ3v) is 3.44. The third-order valence-electron chi connectivity index (χ3n) is 3.44. The van der Waals surface area contributed by atoms with E-state index in [2.05, 4.69) is 17.3 Å². The molecule has 0 aromatic heterocycles. The predicted molar refractivity (Wildman–Crippen MR) is 65.4 cm³/mol. The van der Waals surface area contributed by atoms with E-state index in [-0.39, 0.29) is 5.82 Å². The van der Waals surface area contributed by atoms with Gasteiger partial charge in [-0.25, -0.2) is 4.39 Å². The number of piperidine rings is 1. The fraction of sp³-hybridized carbons (Fsp3) is 0.538. The SMILES string of the molecule is CNc1ccc(F)c(C2CCN(C)CC2)c1. The molecule has 1 aromatic carbocycles. The van der Waals surface area contributed by atoms with Gasteiger partial charge in [0, 0.05) is 12.7 Å². The van der Waals surface area contributed by atoms with Gasteiger partial charge in [-0.3, -0.25) is 0 Å². The summed E-state index contributed by atoms with van der Waals surface area (Å²) in [6.07, 6.45) is 2.11. The molecule has 1 aromatic rings. The molecule has 1 saturated heterocycles. The van der Waals surface area contributed by atoms with Crippen LogP contribution in [0.15, 0.2) is 18.2 Å². The highest BCUT2D eigenvalue weighted by Crippen LogP contribution is 2.30. The first kappa shape index (κ1) is 11.4. The second-order valence-electron chi connectivity index (χ2n) is 4.56. The van der Waals surface area contributed by atoms with Gasteiger partial charge in [0.2, 0.25) is 0 Å². The van der Waals surface area contributed by atoms with Crippen LogP contribution in [-0.2, 0) is 0 Å². The minimum absolute atomic E-state index is 0.0615. The van der Waals surface area contributed by atoms with Crippen LogP contribution in [0.4, 0.5) is 10.1 Å². The molecule has 0 spiro atoms. The molecule has 16 heavy (non-hydrogen) atoms. The van der Waals surface area contributed by atoms with E-state index < -0.39 is 0 Å². The molecular formula is C13H19FN2. The highest BCUT2D eigenvalue weighted by atomic mass is 19.1. The number of nitrogens with one attached hydrogen (secondary N) is 1. The van der Waals surface area contributed by atoms with Crippen molar-refractivity contribution < 1.29 is 4.39 Å². The smallest absolute Gasteiger partial charge is 0.126 e. The lowest BCUT2D eigenvalue weighted by Crippen LogP contribution is -2.29. The fourth-order valence-corrected chi connectivity index (χ4v) is 2.33. The summed E-state index contributed by atoms with van der Waals surface area (Å²) in [6.45, 7) is 2.13. The number of hydrogen-bond donors (Lipinski definition) is 1. The van der Waals surface area contributed by atoms with Crippen molar-refractivity contribution in [1.82, 2.24) is 4.90 Å². The minimum atomic E-state index is -0.0615.